The first-order valence-electron chi connectivity index (χ1n) is 4.62. The summed E-state index contributed by atoms with van der Waals surface area (Å²) in [5.41, 5.74) is 2.41. The Morgan fingerprint density at radius 1 is 1.44 bits per heavy atom. The van der Waals surface area contributed by atoms with E-state index in [1.54, 1.807) is 0 Å². The largest absolute Gasteiger partial charge is 0.254 e. The van der Waals surface area contributed by atoms with Crippen LogP contribution in [0.15, 0.2) is 22.6 Å². The van der Waals surface area contributed by atoms with Crippen LogP contribution in [0.4, 0.5) is 0 Å². The van der Waals surface area contributed by atoms with Crippen LogP contribution in [0.3, 0.4) is 0 Å². The van der Waals surface area contributed by atoms with E-state index in [0.717, 1.165) is 11.3 Å². The van der Waals surface area contributed by atoms with Gasteiger partial charge in [-0.05, 0) is 37.2 Å². The second kappa shape index (κ2) is 4.33. The van der Waals surface area contributed by atoms with E-state index in [2.05, 4.69) is 26.2 Å². The van der Waals surface area contributed by atoms with E-state index in [-0.39, 0.29) is 0 Å². The highest BCUT2D eigenvalue weighted by molar-refractivity contribution is 7.99. The Kier molecular flexibility index (Phi) is 2.88. The van der Waals surface area contributed by atoms with E-state index in [1.807, 2.05) is 19.9 Å². The Morgan fingerprint density at radius 2 is 2.25 bits per heavy atom. The molecular weight excluding hydrogens is 222 g/mol. The van der Waals surface area contributed by atoms with Crippen LogP contribution in [0, 0.1) is 25.2 Å². The zero-order chi connectivity index (χ0) is 11.5. The van der Waals surface area contributed by atoms with E-state index < -0.39 is 0 Å². The Labute approximate surface area is 96.9 Å². The summed E-state index contributed by atoms with van der Waals surface area (Å²) < 4.78 is 0. The lowest BCUT2D eigenvalue weighted by molar-refractivity contribution is 0.959. The number of pyridine rings is 1. The minimum Gasteiger partial charge on any atom is -0.254 e. The molecule has 0 atom stereocenters. The zero-order valence-electron chi connectivity index (χ0n) is 8.85. The molecule has 6 heteroatoms. The van der Waals surface area contributed by atoms with Crippen molar-refractivity contribution >= 4 is 11.8 Å². The smallest absolute Gasteiger partial charge is 0.189 e. The van der Waals surface area contributed by atoms with Gasteiger partial charge in [0.05, 0.1) is 5.56 Å². The maximum atomic E-state index is 9.07. The molecule has 0 aliphatic heterocycles. The molecule has 2 rings (SSSR count). The molecule has 0 saturated heterocycles. The standard InChI is InChI=1S/C10H9N5S/c1-6-3-7(2)14-9(8(6)4-11)16-10-12-5-13-15-10/h3,5H,1-2H3,(H,12,13,15). The van der Waals surface area contributed by atoms with E-state index in [1.165, 1.54) is 18.1 Å². The van der Waals surface area contributed by atoms with Gasteiger partial charge in [0, 0.05) is 5.69 Å². The summed E-state index contributed by atoms with van der Waals surface area (Å²) in [4.78, 5) is 8.33. The Balaban J connectivity index is 2.44. The van der Waals surface area contributed by atoms with Crippen LogP contribution in [-0.2, 0) is 0 Å². The van der Waals surface area contributed by atoms with Crippen molar-refractivity contribution in [3.8, 4) is 6.07 Å². The summed E-state index contributed by atoms with van der Waals surface area (Å²) in [5.74, 6) is 0. The predicted molar refractivity (Wildman–Crippen MR) is 58.9 cm³/mol. The molecule has 0 amide bonds. The lowest BCUT2D eigenvalue weighted by atomic mass is 10.1. The molecule has 5 nitrogen and oxygen atoms in total. The molecule has 2 aromatic heterocycles. The van der Waals surface area contributed by atoms with E-state index in [9.17, 15) is 0 Å². The Bertz CT molecular complexity index is 541. The van der Waals surface area contributed by atoms with E-state index >= 15 is 0 Å². The van der Waals surface area contributed by atoms with Crippen molar-refractivity contribution in [2.45, 2.75) is 24.0 Å². The first kappa shape index (κ1) is 10.6. The third-order valence-electron chi connectivity index (χ3n) is 2.01. The van der Waals surface area contributed by atoms with Gasteiger partial charge in [0.2, 0.25) is 0 Å². The van der Waals surface area contributed by atoms with Gasteiger partial charge in [-0.3, -0.25) is 5.10 Å². The Morgan fingerprint density at radius 3 is 2.88 bits per heavy atom. The van der Waals surface area contributed by atoms with Gasteiger partial charge in [0.25, 0.3) is 0 Å². The number of aromatic amines is 1. The molecule has 0 aliphatic carbocycles. The molecule has 0 aromatic carbocycles. The maximum absolute atomic E-state index is 9.07. The lowest BCUT2D eigenvalue weighted by Gasteiger charge is -2.04. The van der Waals surface area contributed by atoms with Crippen LogP contribution >= 0.6 is 11.8 Å². The summed E-state index contributed by atoms with van der Waals surface area (Å²) in [7, 11) is 0. The van der Waals surface area contributed by atoms with Gasteiger partial charge >= 0.3 is 0 Å². The minimum atomic E-state index is 0.590. The fraction of sp³-hybridized carbons (Fsp3) is 0.200. The highest BCUT2D eigenvalue weighted by Gasteiger charge is 2.11. The average Bonchev–Trinajstić information content (AvgIpc) is 2.70. The topological polar surface area (TPSA) is 78.2 Å². The number of nitriles is 1. The quantitative estimate of drug-likeness (QED) is 0.853. The molecule has 80 valence electrons. The maximum Gasteiger partial charge on any atom is 0.189 e. The number of hydrogen-bond donors (Lipinski definition) is 1. The van der Waals surface area contributed by atoms with Crippen LogP contribution in [0.5, 0.6) is 0 Å². The van der Waals surface area contributed by atoms with Crippen LogP contribution in [0.2, 0.25) is 0 Å². The number of aryl methyl sites for hydroxylation is 2. The van der Waals surface area contributed by atoms with Crippen molar-refractivity contribution in [2.24, 2.45) is 0 Å². The molecular formula is C10H9N5S. The second-order valence-electron chi connectivity index (χ2n) is 3.27. The average molecular weight is 231 g/mol. The van der Waals surface area contributed by atoms with Gasteiger partial charge in [-0.15, -0.1) is 0 Å². The molecule has 1 N–H and O–H groups in total. The SMILES string of the molecule is Cc1cc(C)c(C#N)c(Sc2ncn[nH]2)n1. The van der Waals surface area contributed by atoms with Crippen molar-refractivity contribution < 1.29 is 0 Å². The summed E-state index contributed by atoms with van der Waals surface area (Å²) in [6.07, 6.45) is 1.43. The lowest BCUT2D eigenvalue weighted by Crippen LogP contribution is -1.94. The molecule has 0 saturated carbocycles. The molecule has 2 aromatic rings. The van der Waals surface area contributed by atoms with Crippen LogP contribution in [0.1, 0.15) is 16.8 Å². The fourth-order valence-corrected chi connectivity index (χ4v) is 2.23. The van der Waals surface area contributed by atoms with Gasteiger partial charge in [-0.2, -0.15) is 10.4 Å². The predicted octanol–water partition coefficient (Wildman–Crippen LogP) is 1.84. The van der Waals surface area contributed by atoms with Crippen LogP contribution in [-0.4, -0.2) is 20.2 Å². The fourth-order valence-electron chi connectivity index (χ4n) is 1.35. The number of nitrogens with zero attached hydrogens (tertiary/aromatic N) is 4. The highest BCUT2D eigenvalue weighted by Crippen LogP contribution is 2.27. The molecule has 0 unspecified atom stereocenters. The van der Waals surface area contributed by atoms with Gasteiger partial charge in [0.15, 0.2) is 5.16 Å². The number of aromatic nitrogens is 4. The second-order valence-corrected chi connectivity index (χ2v) is 4.24. The van der Waals surface area contributed by atoms with Crippen LogP contribution in [0.25, 0.3) is 0 Å². The van der Waals surface area contributed by atoms with Gasteiger partial charge in [-0.1, -0.05) is 0 Å². The first-order valence-corrected chi connectivity index (χ1v) is 5.44. The molecule has 2 heterocycles. The third kappa shape index (κ3) is 2.04. The molecule has 0 radical (unpaired) electrons. The highest BCUT2D eigenvalue weighted by atomic mass is 32.2. The normalized spacial score (nSPS) is 10.1. The molecule has 16 heavy (non-hydrogen) atoms. The summed E-state index contributed by atoms with van der Waals surface area (Å²) in [6, 6.07) is 4.05. The van der Waals surface area contributed by atoms with Crippen molar-refractivity contribution in [3.63, 3.8) is 0 Å². The van der Waals surface area contributed by atoms with Crippen molar-refractivity contribution in [2.75, 3.05) is 0 Å². The summed E-state index contributed by atoms with van der Waals surface area (Å²) in [5, 5.41) is 16.8. The third-order valence-corrected chi connectivity index (χ3v) is 2.89. The van der Waals surface area contributed by atoms with E-state index in [0.29, 0.717) is 15.7 Å². The number of rotatable bonds is 2. The molecule has 0 bridgehead atoms. The van der Waals surface area contributed by atoms with Crippen molar-refractivity contribution in [3.05, 3.63) is 29.2 Å². The first-order chi connectivity index (χ1) is 7.70. The monoisotopic (exact) mass is 231 g/mol. The summed E-state index contributed by atoms with van der Waals surface area (Å²) in [6.45, 7) is 3.80. The van der Waals surface area contributed by atoms with Gasteiger partial charge < -0.3 is 0 Å². The zero-order valence-corrected chi connectivity index (χ0v) is 9.67. The number of nitrogens with one attached hydrogen (secondary N) is 1. The Hall–Kier alpha value is -1.87. The van der Waals surface area contributed by atoms with Crippen LogP contribution < -0.4 is 0 Å². The van der Waals surface area contributed by atoms with Crippen molar-refractivity contribution in [1.29, 1.82) is 5.26 Å². The number of hydrogen-bond acceptors (Lipinski definition) is 5. The van der Waals surface area contributed by atoms with E-state index in [4.69, 9.17) is 5.26 Å². The van der Waals surface area contributed by atoms with Gasteiger partial charge in [-0.25, -0.2) is 9.97 Å². The summed E-state index contributed by atoms with van der Waals surface area (Å²) >= 11 is 1.31. The molecule has 0 fully saturated rings. The van der Waals surface area contributed by atoms with Gasteiger partial charge in [0.1, 0.15) is 17.4 Å². The number of H-pyrrole nitrogens is 1. The minimum absolute atomic E-state index is 0.590. The van der Waals surface area contributed by atoms with Crippen molar-refractivity contribution in [1.82, 2.24) is 20.2 Å². The molecule has 0 spiro atoms. The molecule has 0 aliphatic rings.